The zero-order chi connectivity index (χ0) is 14.1. The molecule has 0 aliphatic heterocycles. The number of ether oxygens (including phenoxy) is 1. The maximum absolute atomic E-state index is 5.92. The van der Waals surface area contributed by atoms with E-state index in [1.165, 1.54) is 0 Å². The van der Waals surface area contributed by atoms with Gasteiger partial charge in [-0.25, -0.2) is 4.98 Å². The summed E-state index contributed by atoms with van der Waals surface area (Å²) in [6, 6.07) is 11.7. The molecule has 0 radical (unpaired) electrons. The van der Waals surface area contributed by atoms with Crippen LogP contribution >= 0.6 is 0 Å². The highest BCUT2D eigenvalue weighted by Gasteiger charge is 2.06. The van der Waals surface area contributed by atoms with E-state index in [0.717, 1.165) is 22.7 Å². The van der Waals surface area contributed by atoms with E-state index in [9.17, 15) is 0 Å². The Morgan fingerprint density at radius 1 is 1.15 bits per heavy atom. The van der Waals surface area contributed by atoms with Crippen LogP contribution in [0.25, 0.3) is 16.9 Å². The van der Waals surface area contributed by atoms with Gasteiger partial charge in [-0.05, 0) is 50.2 Å². The molecular weight excluding hydrogens is 250 g/mol. The summed E-state index contributed by atoms with van der Waals surface area (Å²) in [5, 5.41) is 0. The molecule has 0 fully saturated rings. The summed E-state index contributed by atoms with van der Waals surface area (Å²) >= 11 is 0. The van der Waals surface area contributed by atoms with Crippen molar-refractivity contribution in [3.05, 3.63) is 48.8 Å². The second-order valence-electron chi connectivity index (χ2n) is 5.01. The number of fused-ring (bicyclic) bond motifs is 1. The summed E-state index contributed by atoms with van der Waals surface area (Å²) < 4.78 is 7.57. The molecule has 0 aliphatic rings. The van der Waals surface area contributed by atoms with E-state index in [1.54, 1.807) is 0 Å². The summed E-state index contributed by atoms with van der Waals surface area (Å²) in [4.78, 5) is 4.57. The van der Waals surface area contributed by atoms with Crippen molar-refractivity contribution in [2.24, 2.45) is 0 Å². The molecule has 2 N–H and O–H groups in total. The summed E-state index contributed by atoms with van der Waals surface area (Å²) in [6.45, 7) is 4.03. The van der Waals surface area contributed by atoms with Crippen LogP contribution in [0.4, 0.5) is 5.69 Å². The van der Waals surface area contributed by atoms with Crippen LogP contribution in [0.3, 0.4) is 0 Å². The lowest BCUT2D eigenvalue weighted by Crippen LogP contribution is -2.05. The van der Waals surface area contributed by atoms with E-state index in [2.05, 4.69) is 4.98 Å². The van der Waals surface area contributed by atoms with E-state index >= 15 is 0 Å². The van der Waals surface area contributed by atoms with E-state index < -0.39 is 0 Å². The van der Waals surface area contributed by atoms with Gasteiger partial charge in [-0.3, -0.25) is 0 Å². The topological polar surface area (TPSA) is 52.5 Å². The number of nitrogens with zero attached hydrogens (tertiary/aromatic N) is 2. The molecule has 0 saturated heterocycles. The highest BCUT2D eigenvalue weighted by Crippen LogP contribution is 2.24. The normalized spacial score (nSPS) is 11.2. The van der Waals surface area contributed by atoms with Gasteiger partial charge in [0.25, 0.3) is 0 Å². The molecule has 0 bridgehead atoms. The first kappa shape index (κ1) is 12.5. The number of nitrogens with two attached hydrogens (primary N) is 1. The second kappa shape index (κ2) is 4.89. The monoisotopic (exact) mass is 267 g/mol. The fraction of sp³-hybridized carbons (Fsp3) is 0.188. The SMILES string of the molecule is CC(C)Oc1ccc(-c2cn3cccc(N)c3n2)cc1. The lowest BCUT2D eigenvalue weighted by molar-refractivity contribution is 0.242. The van der Waals surface area contributed by atoms with Gasteiger partial charge in [0.05, 0.1) is 17.5 Å². The number of hydrogen-bond acceptors (Lipinski definition) is 3. The van der Waals surface area contributed by atoms with Gasteiger partial charge in [0, 0.05) is 18.0 Å². The Balaban J connectivity index is 1.96. The molecule has 102 valence electrons. The average Bonchev–Trinajstić information content (AvgIpc) is 2.84. The predicted molar refractivity (Wildman–Crippen MR) is 80.8 cm³/mol. The van der Waals surface area contributed by atoms with Crippen LogP contribution in [0.5, 0.6) is 5.75 Å². The lowest BCUT2D eigenvalue weighted by atomic mass is 10.1. The van der Waals surface area contributed by atoms with Crippen molar-refractivity contribution in [2.75, 3.05) is 5.73 Å². The number of pyridine rings is 1. The van der Waals surface area contributed by atoms with Gasteiger partial charge in [0.2, 0.25) is 0 Å². The minimum absolute atomic E-state index is 0.177. The van der Waals surface area contributed by atoms with Crippen LogP contribution in [0.2, 0.25) is 0 Å². The van der Waals surface area contributed by atoms with E-state index in [1.807, 2.05) is 67.0 Å². The second-order valence-corrected chi connectivity index (χ2v) is 5.01. The van der Waals surface area contributed by atoms with Crippen molar-refractivity contribution in [3.63, 3.8) is 0 Å². The number of imidazole rings is 1. The molecular formula is C16H17N3O. The van der Waals surface area contributed by atoms with Crippen molar-refractivity contribution in [2.45, 2.75) is 20.0 Å². The average molecular weight is 267 g/mol. The Morgan fingerprint density at radius 3 is 2.55 bits per heavy atom. The number of hydrogen-bond donors (Lipinski definition) is 1. The molecule has 0 aliphatic carbocycles. The van der Waals surface area contributed by atoms with Gasteiger partial charge in [0.15, 0.2) is 5.65 Å². The number of nitrogen functional groups attached to an aromatic ring is 1. The van der Waals surface area contributed by atoms with Crippen molar-refractivity contribution in [1.82, 2.24) is 9.38 Å². The van der Waals surface area contributed by atoms with Crippen LogP contribution in [0.15, 0.2) is 48.8 Å². The van der Waals surface area contributed by atoms with Crippen molar-refractivity contribution in [1.29, 1.82) is 0 Å². The number of rotatable bonds is 3. The molecule has 4 nitrogen and oxygen atoms in total. The first-order valence-electron chi connectivity index (χ1n) is 6.64. The Labute approximate surface area is 117 Å². The van der Waals surface area contributed by atoms with Crippen molar-refractivity contribution in [3.8, 4) is 17.0 Å². The summed E-state index contributed by atoms with van der Waals surface area (Å²) in [5.74, 6) is 0.868. The van der Waals surface area contributed by atoms with Gasteiger partial charge in [-0.1, -0.05) is 0 Å². The van der Waals surface area contributed by atoms with Crippen LogP contribution < -0.4 is 10.5 Å². The third kappa shape index (κ3) is 2.32. The number of benzene rings is 1. The van der Waals surface area contributed by atoms with E-state index in [4.69, 9.17) is 10.5 Å². The van der Waals surface area contributed by atoms with Gasteiger partial charge in [-0.2, -0.15) is 0 Å². The maximum Gasteiger partial charge on any atom is 0.160 e. The minimum atomic E-state index is 0.177. The molecule has 2 heterocycles. The third-order valence-electron chi connectivity index (χ3n) is 3.03. The smallest absolute Gasteiger partial charge is 0.160 e. The maximum atomic E-state index is 5.92. The minimum Gasteiger partial charge on any atom is -0.491 e. The largest absolute Gasteiger partial charge is 0.491 e. The Bertz CT molecular complexity index is 729. The highest BCUT2D eigenvalue weighted by atomic mass is 16.5. The van der Waals surface area contributed by atoms with E-state index in [-0.39, 0.29) is 6.10 Å². The van der Waals surface area contributed by atoms with Gasteiger partial charge in [-0.15, -0.1) is 0 Å². The lowest BCUT2D eigenvalue weighted by Gasteiger charge is -2.09. The molecule has 0 saturated carbocycles. The third-order valence-corrected chi connectivity index (χ3v) is 3.03. The van der Waals surface area contributed by atoms with Gasteiger partial charge < -0.3 is 14.9 Å². The fourth-order valence-corrected chi connectivity index (χ4v) is 2.15. The molecule has 4 heteroatoms. The Morgan fingerprint density at radius 2 is 1.90 bits per heavy atom. The zero-order valence-corrected chi connectivity index (χ0v) is 11.6. The Hall–Kier alpha value is -2.49. The molecule has 3 rings (SSSR count). The summed E-state index contributed by atoms with van der Waals surface area (Å²) in [5.41, 5.74) is 9.33. The molecule has 2 aromatic heterocycles. The highest BCUT2D eigenvalue weighted by molar-refractivity contribution is 5.70. The van der Waals surface area contributed by atoms with Gasteiger partial charge in [0.1, 0.15) is 5.75 Å². The molecule has 3 aromatic rings. The molecule has 0 unspecified atom stereocenters. The van der Waals surface area contributed by atoms with Crippen LogP contribution in [-0.4, -0.2) is 15.5 Å². The zero-order valence-electron chi connectivity index (χ0n) is 11.6. The molecule has 0 amide bonds. The quantitative estimate of drug-likeness (QED) is 0.791. The first-order chi connectivity index (χ1) is 9.63. The van der Waals surface area contributed by atoms with E-state index in [0.29, 0.717) is 5.69 Å². The molecule has 1 aromatic carbocycles. The Kier molecular flexibility index (Phi) is 3.06. The summed E-state index contributed by atoms with van der Waals surface area (Å²) in [6.07, 6.45) is 4.10. The van der Waals surface area contributed by atoms with Crippen molar-refractivity contribution >= 4 is 11.3 Å². The van der Waals surface area contributed by atoms with Gasteiger partial charge >= 0.3 is 0 Å². The number of aromatic nitrogens is 2. The molecule has 0 atom stereocenters. The van der Waals surface area contributed by atoms with Crippen LogP contribution in [0.1, 0.15) is 13.8 Å². The molecule has 0 spiro atoms. The van der Waals surface area contributed by atoms with Crippen LogP contribution in [-0.2, 0) is 0 Å². The molecule has 20 heavy (non-hydrogen) atoms. The predicted octanol–water partition coefficient (Wildman–Crippen LogP) is 3.37. The first-order valence-corrected chi connectivity index (χ1v) is 6.64. The van der Waals surface area contributed by atoms with Crippen molar-refractivity contribution < 1.29 is 4.74 Å². The summed E-state index contributed by atoms with van der Waals surface area (Å²) in [7, 11) is 0. The van der Waals surface area contributed by atoms with Crippen LogP contribution in [0, 0.1) is 0 Å². The number of anilines is 1. The fourth-order valence-electron chi connectivity index (χ4n) is 2.15. The standard InChI is InChI=1S/C16H17N3O/c1-11(2)20-13-7-5-12(6-8-13)15-10-19-9-3-4-14(17)16(19)18-15/h3-11H,17H2,1-2H3.